The monoisotopic (exact) mass is 319 g/mol. The number of carbonyl (C=O) groups excluding carboxylic acids is 1. The topological polar surface area (TPSA) is 97.4 Å². The van der Waals surface area contributed by atoms with E-state index in [1.165, 1.54) is 0 Å². The van der Waals surface area contributed by atoms with Gasteiger partial charge in [0.1, 0.15) is 11.8 Å². The lowest BCUT2D eigenvalue weighted by molar-refractivity contribution is -0.140. The van der Waals surface area contributed by atoms with Crippen molar-refractivity contribution in [3.63, 3.8) is 0 Å². The number of hydrogen-bond donors (Lipinski definition) is 2. The Morgan fingerprint density at radius 1 is 1.26 bits per heavy atom. The van der Waals surface area contributed by atoms with E-state index in [0.29, 0.717) is 22.8 Å². The van der Waals surface area contributed by atoms with Gasteiger partial charge in [-0.1, -0.05) is 19.0 Å². The van der Waals surface area contributed by atoms with Gasteiger partial charge in [-0.2, -0.15) is 0 Å². The summed E-state index contributed by atoms with van der Waals surface area (Å²) in [6.45, 7) is 8.93. The second-order valence-corrected chi connectivity index (χ2v) is 5.95. The average Bonchev–Trinajstić information content (AvgIpc) is 2.98. The molecule has 0 aromatic carbocycles. The number of aliphatic carboxylic acids is 1. The van der Waals surface area contributed by atoms with Crippen LogP contribution in [0.15, 0.2) is 16.7 Å². The molecule has 7 nitrogen and oxygen atoms in total. The maximum atomic E-state index is 12.5. The average molecular weight is 319 g/mol. The van der Waals surface area contributed by atoms with Crippen molar-refractivity contribution in [1.82, 2.24) is 15.0 Å². The van der Waals surface area contributed by atoms with Crippen LogP contribution in [0.4, 0.5) is 0 Å². The quantitative estimate of drug-likeness (QED) is 0.880. The predicted octanol–water partition coefficient (Wildman–Crippen LogP) is 2.23. The molecule has 0 aliphatic heterocycles. The molecule has 0 saturated heterocycles. The smallest absolute Gasteiger partial charge is 0.326 e. The van der Waals surface area contributed by atoms with E-state index in [9.17, 15) is 14.7 Å². The van der Waals surface area contributed by atoms with Crippen LogP contribution < -0.4 is 5.32 Å². The highest BCUT2D eigenvalue weighted by Crippen LogP contribution is 2.21. The second-order valence-electron chi connectivity index (χ2n) is 5.95. The number of carboxylic acid groups (broad SMARTS) is 1. The molecule has 2 aromatic heterocycles. The van der Waals surface area contributed by atoms with E-state index in [-0.39, 0.29) is 5.92 Å². The Hall–Kier alpha value is -2.57. The van der Waals surface area contributed by atoms with E-state index < -0.39 is 17.9 Å². The molecule has 0 bridgehead atoms. The fourth-order valence-electron chi connectivity index (χ4n) is 2.54. The van der Waals surface area contributed by atoms with Crippen LogP contribution in [0, 0.1) is 26.7 Å². The van der Waals surface area contributed by atoms with Crippen LogP contribution in [0.5, 0.6) is 0 Å². The minimum atomic E-state index is -1.05. The van der Waals surface area contributed by atoms with E-state index >= 15 is 0 Å². The minimum Gasteiger partial charge on any atom is -0.480 e. The third-order valence-corrected chi connectivity index (χ3v) is 3.74. The van der Waals surface area contributed by atoms with Gasteiger partial charge in [0.15, 0.2) is 5.82 Å². The van der Waals surface area contributed by atoms with E-state index in [1.54, 1.807) is 44.4 Å². The molecule has 124 valence electrons. The Morgan fingerprint density at radius 3 is 2.39 bits per heavy atom. The molecule has 2 heterocycles. The molecule has 1 amide bonds. The Balaban J connectivity index is 2.34. The normalized spacial score (nSPS) is 12.4. The van der Waals surface area contributed by atoms with Crippen LogP contribution in [-0.2, 0) is 4.79 Å². The van der Waals surface area contributed by atoms with Gasteiger partial charge in [-0.3, -0.25) is 9.36 Å². The number of amides is 1. The van der Waals surface area contributed by atoms with Crippen molar-refractivity contribution >= 4 is 11.9 Å². The number of carbonyl (C=O) groups is 2. The van der Waals surface area contributed by atoms with Gasteiger partial charge in [0.2, 0.25) is 0 Å². The fraction of sp³-hybridized carbons (Fsp3) is 0.438. The largest absolute Gasteiger partial charge is 0.480 e. The van der Waals surface area contributed by atoms with Crippen molar-refractivity contribution in [2.75, 3.05) is 0 Å². The van der Waals surface area contributed by atoms with Crippen molar-refractivity contribution in [2.24, 2.45) is 5.92 Å². The molecule has 23 heavy (non-hydrogen) atoms. The molecule has 2 N–H and O–H groups in total. The second kappa shape index (κ2) is 6.28. The first-order chi connectivity index (χ1) is 10.7. The molecule has 0 aliphatic rings. The molecular weight excluding hydrogens is 298 g/mol. The predicted molar refractivity (Wildman–Crippen MR) is 83.8 cm³/mol. The maximum Gasteiger partial charge on any atom is 0.326 e. The first kappa shape index (κ1) is 16.8. The van der Waals surface area contributed by atoms with Gasteiger partial charge in [0, 0.05) is 17.5 Å². The number of rotatable bonds is 5. The number of carboxylic acids is 1. The van der Waals surface area contributed by atoms with Gasteiger partial charge < -0.3 is 14.9 Å². The lowest BCUT2D eigenvalue weighted by atomic mass is 10.0. The van der Waals surface area contributed by atoms with Crippen LogP contribution in [0.3, 0.4) is 0 Å². The first-order valence-electron chi connectivity index (χ1n) is 7.38. The van der Waals surface area contributed by atoms with Crippen LogP contribution in [0.1, 0.15) is 41.4 Å². The van der Waals surface area contributed by atoms with Crippen LogP contribution in [-0.4, -0.2) is 32.7 Å². The van der Waals surface area contributed by atoms with Crippen molar-refractivity contribution in [3.8, 4) is 5.82 Å². The Labute approximate surface area is 134 Å². The van der Waals surface area contributed by atoms with Crippen molar-refractivity contribution in [3.05, 3.63) is 34.8 Å². The van der Waals surface area contributed by atoms with E-state index in [1.807, 2.05) is 6.92 Å². The maximum absolute atomic E-state index is 12.5. The van der Waals surface area contributed by atoms with Crippen molar-refractivity contribution in [2.45, 2.75) is 40.7 Å². The van der Waals surface area contributed by atoms with E-state index in [2.05, 4.69) is 10.5 Å². The zero-order valence-electron chi connectivity index (χ0n) is 13.9. The van der Waals surface area contributed by atoms with Gasteiger partial charge in [-0.25, -0.2) is 4.79 Å². The van der Waals surface area contributed by atoms with Crippen molar-refractivity contribution < 1.29 is 19.2 Å². The van der Waals surface area contributed by atoms with Gasteiger partial charge in [0.25, 0.3) is 5.91 Å². The first-order valence-corrected chi connectivity index (χ1v) is 7.38. The number of aromatic nitrogens is 2. The molecule has 7 heteroatoms. The zero-order chi connectivity index (χ0) is 17.3. The summed E-state index contributed by atoms with van der Waals surface area (Å²) in [4.78, 5) is 23.7. The fourth-order valence-corrected chi connectivity index (χ4v) is 2.54. The molecule has 0 unspecified atom stereocenters. The highest BCUT2D eigenvalue weighted by molar-refractivity contribution is 5.98. The summed E-state index contributed by atoms with van der Waals surface area (Å²) in [5.74, 6) is -0.405. The molecule has 0 fully saturated rings. The zero-order valence-corrected chi connectivity index (χ0v) is 13.9. The van der Waals surface area contributed by atoms with Gasteiger partial charge in [-0.15, -0.1) is 0 Å². The summed E-state index contributed by atoms with van der Waals surface area (Å²) in [6.07, 6.45) is 0. The highest BCUT2D eigenvalue weighted by atomic mass is 16.5. The molecule has 1 atom stereocenters. The van der Waals surface area contributed by atoms with Gasteiger partial charge in [-0.05, 0) is 32.8 Å². The summed E-state index contributed by atoms with van der Waals surface area (Å²) < 4.78 is 6.88. The summed E-state index contributed by atoms with van der Waals surface area (Å²) >= 11 is 0. The molecule has 2 rings (SSSR count). The van der Waals surface area contributed by atoms with Crippen LogP contribution in [0.25, 0.3) is 5.82 Å². The lowest BCUT2D eigenvalue weighted by Gasteiger charge is -2.17. The molecule has 0 saturated carbocycles. The summed E-state index contributed by atoms with van der Waals surface area (Å²) in [7, 11) is 0. The number of nitrogens with zero attached hydrogens (tertiary/aromatic N) is 2. The van der Waals surface area contributed by atoms with E-state index in [4.69, 9.17) is 4.52 Å². The number of aryl methyl sites for hydroxylation is 2. The lowest BCUT2D eigenvalue weighted by Crippen LogP contribution is -2.44. The van der Waals surface area contributed by atoms with Gasteiger partial charge in [0.05, 0.1) is 5.56 Å². The molecule has 0 radical (unpaired) electrons. The molecule has 0 aliphatic carbocycles. The summed E-state index contributed by atoms with van der Waals surface area (Å²) in [6, 6.07) is 2.56. The van der Waals surface area contributed by atoms with Crippen LogP contribution in [0.2, 0.25) is 0 Å². The van der Waals surface area contributed by atoms with Crippen molar-refractivity contribution in [1.29, 1.82) is 0 Å². The molecule has 2 aromatic rings. The molecular formula is C16H21N3O4. The third kappa shape index (κ3) is 3.28. The Morgan fingerprint density at radius 2 is 1.91 bits per heavy atom. The minimum absolute atomic E-state index is 0.210. The number of hydrogen-bond acceptors (Lipinski definition) is 4. The third-order valence-electron chi connectivity index (χ3n) is 3.74. The van der Waals surface area contributed by atoms with Gasteiger partial charge >= 0.3 is 5.97 Å². The Bertz CT molecular complexity index is 743. The highest BCUT2D eigenvalue weighted by Gasteiger charge is 2.26. The number of nitrogens with one attached hydrogen (secondary N) is 1. The SMILES string of the molecule is Cc1cc(-n2c(C)cc(C(=O)N[C@H](C(=O)O)C(C)C)c2C)no1. The van der Waals surface area contributed by atoms with E-state index in [0.717, 1.165) is 5.69 Å². The standard InChI is InChI=1S/C16H21N3O4/c1-8(2)14(16(21)22)17-15(20)12-6-9(3)19(11(12)5)13-7-10(4)23-18-13/h6-8,14H,1-5H3,(H,17,20)(H,21,22)/t14-/m0/s1. The molecule has 0 spiro atoms. The Kier molecular flexibility index (Phi) is 4.58. The summed E-state index contributed by atoms with van der Waals surface area (Å²) in [5, 5.41) is 15.7. The van der Waals surface area contributed by atoms with Crippen LogP contribution >= 0.6 is 0 Å². The summed E-state index contributed by atoms with van der Waals surface area (Å²) in [5.41, 5.74) is 1.92.